The van der Waals surface area contributed by atoms with E-state index < -0.39 is 4.92 Å². The summed E-state index contributed by atoms with van der Waals surface area (Å²) in [6, 6.07) is 9.94. The zero-order chi connectivity index (χ0) is 15.2. The van der Waals surface area contributed by atoms with Crippen LogP contribution in [0.2, 0.25) is 0 Å². The molecule has 0 amide bonds. The van der Waals surface area contributed by atoms with Crippen LogP contribution in [0.4, 0.5) is 11.4 Å². The Balaban J connectivity index is 1.94. The molecule has 108 valence electrons. The van der Waals surface area contributed by atoms with Crippen LogP contribution in [0.5, 0.6) is 0 Å². The molecule has 0 saturated heterocycles. The normalized spacial score (nSPS) is 11.5. The molecule has 2 aromatic rings. The second-order valence-electron chi connectivity index (χ2n) is 4.40. The summed E-state index contributed by atoms with van der Waals surface area (Å²) in [5.74, 6) is 0. The van der Waals surface area contributed by atoms with Crippen molar-refractivity contribution in [1.29, 1.82) is 0 Å². The summed E-state index contributed by atoms with van der Waals surface area (Å²) >= 11 is 5.22. The van der Waals surface area contributed by atoms with Gasteiger partial charge in [0.15, 0.2) is 5.11 Å². The number of anilines is 1. The molecule has 1 aromatic carbocycles. The van der Waals surface area contributed by atoms with Crippen LogP contribution in [0, 0.1) is 10.1 Å². The second-order valence-corrected chi connectivity index (χ2v) is 4.81. The lowest BCUT2D eigenvalue weighted by atomic mass is 10.1. The molecule has 1 heterocycles. The van der Waals surface area contributed by atoms with Crippen LogP contribution in [0.3, 0.4) is 0 Å². The summed E-state index contributed by atoms with van der Waals surface area (Å²) in [6.45, 7) is 1.99. The van der Waals surface area contributed by atoms with Gasteiger partial charge in [0.1, 0.15) is 0 Å². The van der Waals surface area contributed by atoms with E-state index in [0.717, 1.165) is 5.56 Å². The molecule has 6 nitrogen and oxygen atoms in total. The highest BCUT2D eigenvalue weighted by Crippen LogP contribution is 2.16. The average Bonchev–Trinajstić information content (AvgIpc) is 2.48. The maximum absolute atomic E-state index is 10.6. The average molecular weight is 302 g/mol. The molecular weight excluding hydrogens is 288 g/mol. The number of hydrogen-bond acceptors (Lipinski definition) is 4. The zero-order valence-electron chi connectivity index (χ0n) is 11.3. The number of nitro groups is 1. The predicted octanol–water partition coefficient (Wildman–Crippen LogP) is 3.04. The van der Waals surface area contributed by atoms with Gasteiger partial charge in [0, 0.05) is 30.2 Å². The summed E-state index contributed by atoms with van der Waals surface area (Å²) in [7, 11) is 0. The molecule has 0 fully saturated rings. The highest BCUT2D eigenvalue weighted by atomic mass is 32.1. The molecule has 0 saturated carbocycles. The van der Waals surface area contributed by atoms with E-state index in [-0.39, 0.29) is 11.7 Å². The van der Waals surface area contributed by atoms with Crippen LogP contribution in [0.25, 0.3) is 0 Å². The first-order valence-electron chi connectivity index (χ1n) is 6.28. The SMILES string of the molecule is C[C@@H](NC(=S)Nc1ccc([N+](=O)[O-])cc1)c1ccncc1. The molecule has 21 heavy (non-hydrogen) atoms. The number of pyridine rings is 1. The van der Waals surface area contributed by atoms with Crippen molar-refractivity contribution in [2.75, 3.05) is 5.32 Å². The topological polar surface area (TPSA) is 80.1 Å². The molecule has 1 atom stereocenters. The van der Waals surface area contributed by atoms with Crippen LogP contribution in [-0.4, -0.2) is 15.0 Å². The van der Waals surface area contributed by atoms with Gasteiger partial charge in [-0.25, -0.2) is 0 Å². The largest absolute Gasteiger partial charge is 0.356 e. The Morgan fingerprint density at radius 2 is 1.86 bits per heavy atom. The fourth-order valence-electron chi connectivity index (χ4n) is 1.77. The molecular formula is C14H14N4O2S. The number of benzene rings is 1. The summed E-state index contributed by atoms with van der Waals surface area (Å²) in [5.41, 5.74) is 1.81. The lowest BCUT2D eigenvalue weighted by molar-refractivity contribution is -0.384. The van der Waals surface area contributed by atoms with Crippen molar-refractivity contribution in [2.24, 2.45) is 0 Å². The Morgan fingerprint density at radius 1 is 1.24 bits per heavy atom. The lowest BCUT2D eigenvalue weighted by Crippen LogP contribution is -2.30. The van der Waals surface area contributed by atoms with Crippen LogP contribution in [0.15, 0.2) is 48.8 Å². The van der Waals surface area contributed by atoms with Gasteiger partial charge in [-0.3, -0.25) is 15.1 Å². The molecule has 0 bridgehead atoms. The van der Waals surface area contributed by atoms with E-state index in [1.165, 1.54) is 12.1 Å². The van der Waals surface area contributed by atoms with Crippen molar-refractivity contribution in [3.05, 3.63) is 64.5 Å². The Labute approximate surface area is 127 Å². The van der Waals surface area contributed by atoms with Crippen molar-refractivity contribution < 1.29 is 4.92 Å². The van der Waals surface area contributed by atoms with Crippen LogP contribution in [-0.2, 0) is 0 Å². The zero-order valence-corrected chi connectivity index (χ0v) is 12.1. The Bertz CT molecular complexity index is 631. The highest BCUT2D eigenvalue weighted by Gasteiger charge is 2.08. The smallest absolute Gasteiger partial charge is 0.269 e. The number of hydrogen-bond donors (Lipinski definition) is 2. The summed E-state index contributed by atoms with van der Waals surface area (Å²) in [6.07, 6.45) is 3.45. The van der Waals surface area contributed by atoms with Crippen molar-refractivity contribution >= 4 is 28.7 Å². The lowest BCUT2D eigenvalue weighted by Gasteiger charge is -2.17. The summed E-state index contributed by atoms with van der Waals surface area (Å²) in [5, 5.41) is 17.2. The number of aromatic nitrogens is 1. The van der Waals surface area contributed by atoms with Gasteiger partial charge in [0.2, 0.25) is 0 Å². The quantitative estimate of drug-likeness (QED) is 0.513. The standard InChI is InChI=1S/C14H14N4O2S/c1-10(11-6-8-15-9-7-11)16-14(21)17-12-2-4-13(5-3-12)18(19)20/h2-10H,1H3,(H2,16,17,21)/t10-/m1/s1. The van der Waals surface area contributed by atoms with Crippen molar-refractivity contribution in [2.45, 2.75) is 13.0 Å². The van der Waals surface area contributed by atoms with E-state index >= 15 is 0 Å². The minimum absolute atomic E-state index is 0.0334. The second kappa shape index (κ2) is 6.76. The molecule has 0 aliphatic carbocycles. The van der Waals surface area contributed by atoms with Gasteiger partial charge in [0.05, 0.1) is 11.0 Å². The van der Waals surface area contributed by atoms with Gasteiger partial charge in [-0.1, -0.05) is 0 Å². The van der Waals surface area contributed by atoms with E-state index in [9.17, 15) is 10.1 Å². The molecule has 0 aliphatic heterocycles. The summed E-state index contributed by atoms with van der Waals surface area (Å²) in [4.78, 5) is 14.1. The number of nitrogens with zero attached hydrogens (tertiary/aromatic N) is 2. The molecule has 1 aromatic heterocycles. The number of non-ortho nitro benzene ring substituents is 1. The number of nitrogens with one attached hydrogen (secondary N) is 2. The highest BCUT2D eigenvalue weighted by molar-refractivity contribution is 7.80. The van der Waals surface area contributed by atoms with Gasteiger partial charge in [0.25, 0.3) is 5.69 Å². The molecule has 7 heteroatoms. The van der Waals surface area contributed by atoms with Gasteiger partial charge in [-0.05, 0) is 49.0 Å². The fraction of sp³-hybridized carbons (Fsp3) is 0.143. The third-order valence-electron chi connectivity index (χ3n) is 2.89. The van der Waals surface area contributed by atoms with Gasteiger partial charge >= 0.3 is 0 Å². The molecule has 0 spiro atoms. The Morgan fingerprint density at radius 3 is 2.43 bits per heavy atom. The third kappa shape index (κ3) is 4.22. The van der Waals surface area contributed by atoms with Gasteiger partial charge in [-0.2, -0.15) is 0 Å². The van der Waals surface area contributed by atoms with Gasteiger partial charge in [-0.15, -0.1) is 0 Å². The molecule has 2 N–H and O–H groups in total. The van der Waals surface area contributed by atoms with Crippen LogP contribution < -0.4 is 10.6 Å². The number of thiocarbonyl (C=S) groups is 1. The third-order valence-corrected chi connectivity index (χ3v) is 3.11. The summed E-state index contributed by atoms with van der Waals surface area (Å²) < 4.78 is 0. The molecule has 0 aliphatic rings. The maximum atomic E-state index is 10.6. The number of rotatable bonds is 4. The van der Waals surface area contributed by atoms with E-state index in [1.807, 2.05) is 19.1 Å². The molecule has 2 rings (SSSR count). The Hall–Kier alpha value is -2.54. The first-order chi connectivity index (χ1) is 10.1. The van der Waals surface area contributed by atoms with Gasteiger partial charge < -0.3 is 10.6 Å². The van der Waals surface area contributed by atoms with E-state index in [2.05, 4.69) is 15.6 Å². The predicted molar refractivity (Wildman–Crippen MR) is 85.1 cm³/mol. The monoisotopic (exact) mass is 302 g/mol. The van der Waals surface area contributed by atoms with Crippen molar-refractivity contribution in [1.82, 2.24) is 10.3 Å². The van der Waals surface area contributed by atoms with E-state index in [0.29, 0.717) is 10.8 Å². The molecule has 0 radical (unpaired) electrons. The van der Waals surface area contributed by atoms with E-state index in [1.54, 1.807) is 24.5 Å². The fourth-order valence-corrected chi connectivity index (χ4v) is 2.06. The van der Waals surface area contributed by atoms with Crippen LogP contribution >= 0.6 is 12.2 Å². The Kier molecular flexibility index (Phi) is 4.78. The number of nitro benzene ring substituents is 1. The van der Waals surface area contributed by atoms with Crippen molar-refractivity contribution in [3.8, 4) is 0 Å². The van der Waals surface area contributed by atoms with E-state index in [4.69, 9.17) is 12.2 Å². The first kappa shape index (κ1) is 14.9. The minimum Gasteiger partial charge on any atom is -0.356 e. The first-order valence-corrected chi connectivity index (χ1v) is 6.69. The van der Waals surface area contributed by atoms with Crippen LogP contribution in [0.1, 0.15) is 18.5 Å². The van der Waals surface area contributed by atoms with Crippen molar-refractivity contribution in [3.63, 3.8) is 0 Å². The maximum Gasteiger partial charge on any atom is 0.269 e. The minimum atomic E-state index is -0.439. The molecule has 0 unspecified atom stereocenters.